The summed E-state index contributed by atoms with van der Waals surface area (Å²) in [6.45, 7) is 9.68. The van der Waals surface area contributed by atoms with E-state index in [0.717, 1.165) is 31.1 Å². The Morgan fingerprint density at radius 1 is 1.50 bits per heavy atom. The molecule has 0 aromatic carbocycles. The Balaban J connectivity index is 2.53. The molecule has 0 saturated heterocycles. The molecule has 1 aliphatic rings. The van der Waals surface area contributed by atoms with Crippen molar-refractivity contribution in [1.82, 2.24) is 10.6 Å². The molecule has 1 fully saturated rings. The van der Waals surface area contributed by atoms with Gasteiger partial charge in [-0.25, -0.2) is 0 Å². The highest BCUT2D eigenvalue weighted by atomic mass is 32.2. The summed E-state index contributed by atoms with van der Waals surface area (Å²) in [6.07, 6.45) is 1.98. The lowest BCUT2D eigenvalue weighted by Crippen LogP contribution is -2.53. The molecule has 5 heteroatoms. The van der Waals surface area contributed by atoms with Gasteiger partial charge in [-0.1, -0.05) is 6.92 Å². The van der Waals surface area contributed by atoms with Gasteiger partial charge >= 0.3 is 0 Å². The van der Waals surface area contributed by atoms with Crippen molar-refractivity contribution in [2.75, 3.05) is 18.8 Å². The molecule has 2 atom stereocenters. The number of guanidine groups is 1. The first-order valence-corrected chi connectivity index (χ1v) is 7.95. The molecule has 0 heterocycles. The summed E-state index contributed by atoms with van der Waals surface area (Å²) < 4.78 is 0. The third-order valence-corrected chi connectivity index (χ3v) is 4.50. The summed E-state index contributed by atoms with van der Waals surface area (Å²) in [7, 11) is 0. The molecule has 1 aliphatic carbocycles. The van der Waals surface area contributed by atoms with Crippen molar-refractivity contribution in [3.8, 4) is 0 Å². The highest BCUT2D eigenvalue weighted by Crippen LogP contribution is 2.41. The Labute approximate surface area is 115 Å². The van der Waals surface area contributed by atoms with E-state index in [0.29, 0.717) is 17.8 Å². The number of hydrogen-bond acceptors (Lipinski definition) is 3. The molecule has 0 radical (unpaired) electrons. The summed E-state index contributed by atoms with van der Waals surface area (Å²) in [5.74, 6) is 1.86. The molecule has 0 aromatic heterocycles. The number of rotatable bonds is 6. The lowest BCUT2D eigenvalue weighted by Gasteiger charge is -2.44. The minimum absolute atomic E-state index is 0.347. The van der Waals surface area contributed by atoms with E-state index in [1.807, 2.05) is 18.7 Å². The van der Waals surface area contributed by atoms with Crippen molar-refractivity contribution in [1.29, 1.82) is 0 Å². The molecule has 1 rings (SSSR count). The van der Waals surface area contributed by atoms with Gasteiger partial charge in [-0.3, -0.25) is 4.99 Å². The molecule has 0 bridgehead atoms. The van der Waals surface area contributed by atoms with Crippen LogP contribution < -0.4 is 10.6 Å². The lowest BCUT2D eigenvalue weighted by atomic mass is 9.79. The second-order valence-electron chi connectivity index (χ2n) is 5.08. The molecular formula is C13H27N3OS. The van der Waals surface area contributed by atoms with E-state index in [-0.39, 0.29) is 0 Å². The van der Waals surface area contributed by atoms with Gasteiger partial charge in [-0.05, 0) is 39.4 Å². The summed E-state index contributed by atoms with van der Waals surface area (Å²) in [5, 5.41) is 17.3. The highest BCUT2D eigenvalue weighted by Gasteiger charge is 2.45. The summed E-state index contributed by atoms with van der Waals surface area (Å²) in [5.41, 5.74) is -0.597. The molecule has 1 saturated carbocycles. The van der Waals surface area contributed by atoms with Gasteiger partial charge in [0, 0.05) is 17.8 Å². The van der Waals surface area contributed by atoms with E-state index >= 15 is 0 Å². The molecule has 0 aliphatic heterocycles. The van der Waals surface area contributed by atoms with Gasteiger partial charge in [0.25, 0.3) is 0 Å². The fourth-order valence-electron chi connectivity index (χ4n) is 2.03. The van der Waals surface area contributed by atoms with E-state index < -0.39 is 5.60 Å². The predicted octanol–water partition coefficient (Wildman–Crippen LogP) is 1.60. The molecule has 2 unspecified atom stereocenters. The van der Waals surface area contributed by atoms with Crippen molar-refractivity contribution in [2.24, 2.45) is 4.99 Å². The Bertz CT molecular complexity index is 283. The largest absolute Gasteiger partial charge is 0.387 e. The van der Waals surface area contributed by atoms with Crippen LogP contribution in [0.5, 0.6) is 0 Å². The van der Waals surface area contributed by atoms with Gasteiger partial charge in [0.05, 0.1) is 12.1 Å². The zero-order chi connectivity index (χ0) is 13.6. The summed E-state index contributed by atoms with van der Waals surface area (Å²) in [4.78, 5) is 4.51. The quantitative estimate of drug-likeness (QED) is 0.508. The van der Waals surface area contributed by atoms with Gasteiger partial charge in [-0.15, -0.1) is 0 Å². The van der Waals surface area contributed by atoms with E-state index in [2.05, 4.69) is 36.4 Å². The predicted molar refractivity (Wildman–Crippen MR) is 80.4 cm³/mol. The van der Waals surface area contributed by atoms with Crippen molar-refractivity contribution in [3.63, 3.8) is 0 Å². The average molecular weight is 273 g/mol. The first-order chi connectivity index (χ1) is 8.51. The third kappa shape index (κ3) is 4.35. The zero-order valence-electron chi connectivity index (χ0n) is 12.0. The van der Waals surface area contributed by atoms with Crippen molar-refractivity contribution < 1.29 is 5.11 Å². The van der Waals surface area contributed by atoms with Crippen LogP contribution in [-0.4, -0.2) is 46.8 Å². The average Bonchev–Trinajstić information content (AvgIpc) is 2.31. The topological polar surface area (TPSA) is 56.7 Å². The molecule has 4 nitrogen and oxygen atoms in total. The Morgan fingerprint density at radius 3 is 2.67 bits per heavy atom. The monoisotopic (exact) mass is 273 g/mol. The maximum Gasteiger partial charge on any atom is 0.191 e. The van der Waals surface area contributed by atoms with Crippen LogP contribution in [0, 0.1) is 0 Å². The first kappa shape index (κ1) is 15.6. The molecule has 0 spiro atoms. The van der Waals surface area contributed by atoms with E-state index in [9.17, 15) is 5.11 Å². The van der Waals surface area contributed by atoms with Crippen molar-refractivity contribution in [3.05, 3.63) is 0 Å². The molecule has 106 valence electrons. The van der Waals surface area contributed by atoms with Crippen LogP contribution >= 0.6 is 11.8 Å². The number of aliphatic imine (C=N–C) groups is 1. The highest BCUT2D eigenvalue weighted by molar-refractivity contribution is 8.00. The van der Waals surface area contributed by atoms with Gasteiger partial charge in [0.1, 0.15) is 0 Å². The van der Waals surface area contributed by atoms with Gasteiger partial charge < -0.3 is 15.7 Å². The maximum absolute atomic E-state index is 10.5. The Morgan fingerprint density at radius 2 is 2.22 bits per heavy atom. The second kappa shape index (κ2) is 7.24. The van der Waals surface area contributed by atoms with Crippen LogP contribution in [0.2, 0.25) is 0 Å². The Kier molecular flexibility index (Phi) is 6.29. The first-order valence-electron chi connectivity index (χ1n) is 6.90. The van der Waals surface area contributed by atoms with E-state index in [1.54, 1.807) is 0 Å². The summed E-state index contributed by atoms with van der Waals surface area (Å²) in [6, 6.07) is 0.347. The van der Waals surface area contributed by atoms with Gasteiger partial charge in [-0.2, -0.15) is 11.8 Å². The molecular weight excluding hydrogens is 246 g/mol. The second-order valence-corrected chi connectivity index (χ2v) is 6.56. The third-order valence-electron chi connectivity index (χ3n) is 3.09. The minimum atomic E-state index is -0.597. The van der Waals surface area contributed by atoms with Crippen molar-refractivity contribution >= 4 is 17.7 Å². The summed E-state index contributed by atoms with van der Waals surface area (Å²) >= 11 is 1.84. The number of nitrogens with one attached hydrogen (secondary N) is 2. The fourth-order valence-corrected chi connectivity index (χ4v) is 3.21. The van der Waals surface area contributed by atoms with Crippen LogP contribution in [-0.2, 0) is 0 Å². The Hall–Kier alpha value is -0.420. The van der Waals surface area contributed by atoms with Crippen LogP contribution in [0.25, 0.3) is 0 Å². The van der Waals surface area contributed by atoms with Gasteiger partial charge in [0.15, 0.2) is 5.96 Å². The SMILES string of the molecule is CCNC(=NCC1(O)CCC1SCC)NC(C)C. The van der Waals surface area contributed by atoms with Crippen LogP contribution in [0.4, 0.5) is 0 Å². The zero-order valence-corrected chi connectivity index (χ0v) is 12.8. The maximum atomic E-state index is 10.5. The van der Waals surface area contributed by atoms with E-state index in [4.69, 9.17) is 0 Å². The van der Waals surface area contributed by atoms with Crippen LogP contribution in [0.1, 0.15) is 40.5 Å². The number of nitrogens with zero attached hydrogens (tertiary/aromatic N) is 1. The molecule has 3 N–H and O–H groups in total. The van der Waals surface area contributed by atoms with Crippen molar-refractivity contribution in [2.45, 2.75) is 57.4 Å². The number of thioether (sulfide) groups is 1. The van der Waals surface area contributed by atoms with Crippen LogP contribution in [0.3, 0.4) is 0 Å². The smallest absolute Gasteiger partial charge is 0.191 e. The fraction of sp³-hybridized carbons (Fsp3) is 0.923. The molecule has 0 aromatic rings. The van der Waals surface area contributed by atoms with Gasteiger partial charge in [0.2, 0.25) is 0 Å². The molecule has 18 heavy (non-hydrogen) atoms. The number of hydrogen-bond donors (Lipinski definition) is 3. The normalized spacial score (nSPS) is 28.1. The minimum Gasteiger partial charge on any atom is -0.387 e. The van der Waals surface area contributed by atoms with Crippen LogP contribution in [0.15, 0.2) is 4.99 Å². The lowest BCUT2D eigenvalue weighted by molar-refractivity contribution is -0.0154. The molecule has 0 amide bonds. The van der Waals surface area contributed by atoms with E-state index in [1.165, 1.54) is 0 Å². The number of aliphatic hydroxyl groups is 1. The standard InChI is InChI=1S/C13H27N3OS/c1-5-14-12(16-10(3)4)15-9-13(17)8-7-11(13)18-6-2/h10-11,17H,5-9H2,1-4H3,(H2,14,15,16).